The maximum Gasteiger partial charge on any atom is 0.320 e. The zero-order chi connectivity index (χ0) is 13.2. The van der Waals surface area contributed by atoms with Gasteiger partial charge in [-0.15, -0.1) is 0 Å². The minimum absolute atomic E-state index is 0.306. The van der Waals surface area contributed by atoms with E-state index in [2.05, 4.69) is 4.72 Å². The van der Waals surface area contributed by atoms with Gasteiger partial charge in [-0.1, -0.05) is 24.3 Å². The van der Waals surface area contributed by atoms with Gasteiger partial charge < -0.3 is 5.11 Å². The molecule has 0 amide bonds. The van der Waals surface area contributed by atoms with Crippen LogP contribution in [0.5, 0.6) is 0 Å². The molecule has 1 unspecified atom stereocenters. The summed E-state index contributed by atoms with van der Waals surface area (Å²) in [6, 6.07) is 7.35. The van der Waals surface area contributed by atoms with E-state index in [0.717, 1.165) is 24.0 Å². The number of nitrogens with one attached hydrogen (secondary N) is 1. The largest absolute Gasteiger partial charge is 0.480 e. The molecule has 1 aliphatic rings. The molecule has 6 heteroatoms. The highest BCUT2D eigenvalue weighted by molar-refractivity contribution is 7.90. The molecule has 0 spiro atoms. The van der Waals surface area contributed by atoms with Gasteiger partial charge in [0.05, 0.1) is 0 Å². The van der Waals surface area contributed by atoms with Crippen LogP contribution in [0.25, 0.3) is 0 Å². The van der Waals surface area contributed by atoms with Crippen LogP contribution in [0.15, 0.2) is 24.3 Å². The quantitative estimate of drug-likeness (QED) is 0.856. The number of aliphatic carboxylic acids is 1. The van der Waals surface area contributed by atoms with Crippen LogP contribution < -0.4 is 4.72 Å². The first-order valence-corrected chi connectivity index (χ1v) is 7.43. The third-order valence-corrected chi connectivity index (χ3v) is 4.28. The molecule has 18 heavy (non-hydrogen) atoms. The Kier molecular flexibility index (Phi) is 3.68. The highest BCUT2D eigenvalue weighted by Gasteiger charge is 2.25. The van der Waals surface area contributed by atoms with Crippen LogP contribution in [-0.4, -0.2) is 25.2 Å². The van der Waals surface area contributed by atoms with Crippen LogP contribution in [0.2, 0.25) is 0 Å². The highest BCUT2D eigenvalue weighted by atomic mass is 32.2. The Labute approximate surface area is 106 Å². The van der Waals surface area contributed by atoms with Crippen LogP contribution in [0.4, 0.5) is 0 Å². The van der Waals surface area contributed by atoms with Gasteiger partial charge in [0.15, 0.2) is 5.75 Å². The second-order valence-corrected chi connectivity index (χ2v) is 6.17. The average molecular weight is 269 g/mol. The van der Waals surface area contributed by atoms with E-state index in [4.69, 9.17) is 5.11 Å². The smallest absolute Gasteiger partial charge is 0.320 e. The summed E-state index contributed by atoms with van der Waals surface area (Å²) in [7, 11) is -3.77. The summed E-state index contributed by atoms with van der Waals surface area (Å²) in [5.41, 5.74) is 2.09. The second-order valence-electron chi connectivity index (χ2n) is 4.41. The SMILES string of the molecule is O=C(O)CS(=O)(=O)NC1CCCc2ccccc21. The minimum Gasteiger partial charge on any atom is -0.480 e. The topological polar surface area (TPSA) is 83.5 Å². The third-order valence-electron chi connectivity index (χ3n) is 3.00. The van der Waals surface area contributed by atoms with E-state index < -0.39 is 21.7 Å². The molecule has 0 aliphatic heterocycles. The van der Waals surface area contributed by atoms with Crippen LogP contribution in [-0.2, 0) is 21.2 Å². The van der Waals surface area contributed by atoms with E-state index in [-0.39, 0.29) is 6.04 Å². The lowest BCUT2D eigenvalue weighted by molar-refractivity contribution is -0.134. The maximum absolute atomic E-state index is 11.6. The predicted molar refractivity (Wildman–Crippen MR) is 66.7 cm³/mol. The van der Waals surface area contributed by atoms with Crippen molar-refractivity contribution in [3.63, 3.8) is 0 Å². The lowest BCUT2D eigenvalue weighted by Crippen LogP contribution is -2.34. The van der Waals surface area contributed by atoms with Gasteiger partial charge in [0.25, 0.3) is 0 Å². The lowest BCUT2D eigenvalue weighted by atomic mass is 9.88. The fourth-order valence-corrected chi connectivity index (χ4v) is 3.38. The number of aryl methyl sites for hydroxylation is 1. The van der Waals surface area contributed by atoms with Gasteiger partial charge in [-0.3, -0.25) is 4.79 Å². The summed E-state index contributed by atoms with van der Waals surface area (Å²) in [4.78, 5) is 10.5. The molecular formula is C12H15NO4S. The van der Waals surface area contributed by atoms with Crippen molar-refractivity contribution in [3.8, 4) is 0 Å². The summed E-state index contributed by atoms with van der Waals surface area (Å²) in [6.45, 7) is 0. The standard InChI is InChI=1S/C12H15NO4S/c14-12(15)8-18(16,17)13-11-7-3-5-9-4-1-2-6-10(9)11/h1-2,4,6,11,13H,3,5,7-8H2,(H,14,15). The van der Waals surface area contributed by atoms with Gasteiger partial charge in [0.2, 0.25) is 10.0 Å². The number of benzene rings is 1. The van der Waals surface area contributed by atoms with Gasteiger partial charge in [0.1, 0.15) is 0 Å². The number of sulfonamides is 1. The zero-order valence-corrected chi connectivity index (χ0v) is 10.6. The normalized spacial score (nSPS) is 19.2. The van der Waals surface area contributed by atoms with Gasteiger partial charge in [0, 0.05) is 6.04 Å². The van der Waals surface area contributed by atoms with Crippen molar-refractivity contribution in [2.45, 2.75) is 25.3 Å². The molecular weight excluding hydrogens is 254 g/mol. The Bertz CT molecular complexity index is 553. The summed E-state index contributed by atoms with van der Waals surface area (Å²) < 4.78 is 25.7. The average Bonchev–Trinajstić information content (AvgIpc) is 2.27. The molecule has 0 aromatic heterocycles. The number of carboxylic acid groups (broad SMARTS) is 1. The van der Waals surface area contributed by atoms with E-state index in [0.29, 0.717) is 6.42 Å². The number of fused-ring (bicyclic) bond motifs is 1. The van der Waals surface area contributed by atoms with Gasteiger partial charge in [-0.05, 0) is 30.4 Å². The number of rotatable bonds is 4. The number of hydrogen-bond donors (Lipinski definition) is 2. The fourth-order valence-electron chi connectivity index (χ4n) is 2.30. The van der Waals surface area contributed by atoms with Crippen LogP contribution in [0.1, 0.15) is 30.0 Å². The molecule has 1 aromatic carbocycles. The number of carbonyl (C=O) groups is 1. The zero-order valence-electron chi connectivity index (χ0n) is 9.80. The molecule has 0 heterocycles. The molecule has 0 radical (unpaired) electrons. The van der Waals surface area contributed by atoms with E-state index >= 15 is 0 Å². The summed E-state index contributed by atoms with van der Waals surface area (Å²) in [5, 5.41) is 8.55. The minimum atomic E-state index is -3.77. The Morgan fingerprint density at radius 3 is 2.83 bits per heavy atom. The lowest BCUT2D eigenvalue weighted by Gasteiger charge is -2.25. The van der Waals surface area contributed by atoms with Gasteiger partial charge in [-0.2, -0.15) is 0 Å². The Morgan fingerprint density at radius 1 is 1.39 bits per heavy atom. The first kappa shape index (κ1) is 13.0. The van der Waals surface area contributed by atoms with Crippen molar-refractivity contribution in [1.29, 1.82) is 0 Å². The first-order valence-electron chi connectivity index (χ1n) is 5.77. The molecule has 1 aromatic rings. The van der Waals surface area contributed by atoms with Crippen molar-refractivity contribution in [2.24, 2.45) is 0 Å². The Hall–Kier alpha value is -1.40. The van der Waals surface area contributed by atoms with Gasteiger partial charge >= 0.3 is 5.97 Å². The van der Waals surface area contributed by atoms with Crippen molar-refractivity contribution in [3.05, 3.63) is 35.4 Å². The van der Waals surface area contributed by atoms with E-state index in [1.165, 1.54) is 0 Å². The monoisotopic (exact) mass is 269 g/mol. The maximum atomic E-state index is 11.6. The molecule has 0 fully saturated rings. The highest BCUT2D eigenvalue weighted by Crippen LogP contribution is 2.29. The summed E-state index contributed by atoms with van der Waals surface area (Å²) in [6.07, 6.45) is 2.54. The van der Waals surface area contributed by atoms with E-state index in [1.807, 2.05) is 24.3 Å². The molecule has 98 valence electrons. The summed E-state index contributed by atoms with van der Waals surface area (Å²) in [5.74, 6) is -2.22. The molecule has 0 saturated heterocycles. The molecule has 1 atom stereocenters. The molecule has 1 aliphatic carbocycles. The number of carboxylic acids is 1. The van der Waals surface area contributed by atoms with Crippen molar-refractivity contribution in [2.75, 3.05) is 5.75 Å². The van der Waals surface area contributed by atoms with Crippen molar-refractivity contribution < 1.29 is 18.3 Å². The van der Waals surface area contributed by atoms with E-state index in [9.17, 15) is 13.2 Å². The molecule has 2 N–H and O–H groups in total. The molecule has 0 bridgehead atoms. The Morgan fingerprint density at radius 2 is 2.11 bits per heavy atom. The van der Waals surface area contributed by atoms with Crippen LogP contribution in [0, 0.1) is 0 Å². The van der Waals surface area contributed by atoms with Crippen LogP contribution in [0.3, 0.4) is 0 Å². The Balaban J connectivity index is 2.19. The molecule has 5 nitrogen and oxygen atoms in total. The molecule has 0 saturated carbocycles. The first-order chi connectivity index (χ1) is 8.48. The van der Waals surface area contributed by atoms with Crippen molar-refractivity contribution >= 4 is 16.0 Å². The fraction of sp³-hybridized carbons (Fsp3) is 0.417. The molecule has 2 rings (SSSR count). The van der Waals surface area contributed by atoms with Crippen molar-refractivity contribution in [1.82, 2.24) is 4.72 Å². The second kappa shape index (κ2) is 5.07. The predicted octanol–water partition coefficient (Wildman–Crippen LogP) is 1.07. The van der Waals surface area contributed by atoms with Crippen LogP contribution >= 0.6 is 0 Å². The van der Waals surface area contributed by atoms with E-state index in [1.54, 1.807) is 0 Å². The summed E-state index contributed by atoms with van der Waals surface area (Å²) >= 11 is 0. The number of hydrogen-bond acceptors (Lipinski definition) is 3. The third kappa shape index (κ3) is 3.08. The van der Waals surface area contributed by atoms with Gasteiger partial charge in [-0.25, -0.2) is 13.1 Å².